The van der Waals surface area contributed by atoms with Gasteiger partial charge >= 0.3 is 12.1 Å². The summed E-state index contributed by atoms with van der Waals surface area (Å²) in [7, 11) is 1.56. The normalized spacial score (nSPS) is 14.8. The number of carbonyl (C=O) groups excluding carboxylic acids is 2. The maximum Gasteiger partial charge on any atom is 0.409 e. The molecule has 30 heavy (non-hydrogen) atoms. The van der Waals surface area contributed by atoms with Gasteiger partial charge in [-0.15, -0.1) is 0 Å². The number of fused-ring (bicyclic) bond motifs is 1. The van der Waals surface area contributed by atoms with E-state index in [1.54, 1.807) is 31.9 Å². The van der Waals surface area contributed by atoms with Crippen molar-refractivity contribution >= 4 is 54.9 Å². The van der Waals surface area contributed by atoms with E-state index >= 15 is 0 Å². The lowest BCUT2D eigenvalue weighted by atomic mass is 10.1. The molecule has 1 saturated heterocycles. The van der Waals surface area contributed by atoms with Gasteiger partial charge in [-0.25, -0.2) is 9.59 Å². The number of furan rings is 1. The maximum absolute atomic E-state index is 12.8. The van der Waals surface area contributed by atoms with Gasteiger partial charge in [-0.1, -0.05) is 0 Å². The number of methoxy groups -OCH3 is 1. The Bertz CT molecular complexity index is 937. The number of hydrogen-bond donors (Lipinski definition) is 0. The van der Waals surface area contributed by atoms with Gasteiger partial charge in [0.05, 0.1) is 41.2 Å². The van der Waals surface area contributed by atoms with Crippen LogP contribution in [0.5, 0.6) is 5.75 Å². The molecule has 0 atom stereocenters. The summed E-state index contributed by atoms with van der Waals surface area (Å²) in [6, 6.07) is 1.78. The molecule has 1 aliphatic rings. The van der Waals surface area contributed by atoms with E-state index in [0.29, 0.717) is 76.3 Å². The van der Waals surface area contributed by atoms with Gasteiger partial charge in [0.25, 0.3) is 0 Å². The van der Waals surface area contributed by atoms with Gasteiger partial charge < -0.3 is 23.5 Å². The highest BCUT2D eigenvalue weighted by Gasteiger charge is 2.29. The van der Waals surface area contributed by atoms with Crippen LogP contribution in [0.15, 0.2) is 19.4 Å². The average Bonchev–Trinajstić information content (AvgIpc) is 3.07. The Morgan fingerprint density at radius 1 is 1.10 bits per heavy atom. The first-order valence-electron chi connectivity index (χ1n) is 9.69. The first kappa shape index (κ1) is 22.9. The first-order valence-corrected chi connectivity index (χ1v) is 11.3. The molecule has 8 nitrogen and oxygen atoms in total. The number of piperazine rings is 1. The van der Waals surface area contributed by atoms with Crippen molar-refractivity contribution in [1.82, 2.24) is 9.80 Å². The number of esters is 1. The van der Waals surface area contributed by atoms with E-state index in [1.807, 2.05) is 0 Å². The molecular formula is C20H24Br2N2O6. The molecule has 0 saturated carbocycles. The minimum atomic E-state index is -0.443. The first-order chi connectivity index (χ1) is 14.4. The topological polar surface area (TPSA) is 81.5 Å². The summed E-state index contributed by atoms with van der Waals surface area (Å²) in [5.74, 6) is 0.652. The zero-order valence-corrected chi connectivity index (χ0v) is 20.3. The molecule has 2 heterocycles. The fraction of sp³-hybridized carbons (Fsp3) is 0.500. The summed E-state index contributed by atoms with van der Waals surface area (Å²) in [5, 5.41) is 0.619. The number of carbonyl (C=O) groups is 2. The van der Waals surface area contributed by atoms with E-state index < -0.39 is 5.97 Å². The number of benzene rings is 1. The van der Waals surface area contributed by atoms with Gasteiger partial charge in [-0.2, -0.15) is 0 Å². The molecule has 1 fully saturated rings. The number of nitrogens with zero attached hydrogens (tertiary/aromatic N) is 2. The third-order valence-electron chi connectivity index (χ3n) is 4.85. The molecule has 0 aliphatic carbocycles. The zero-order valence-electron chi connectivity index (χ0n) is 17.1. The lowest BCUT2D eigenvalue weighted by Gasteiger charge is -2.33. The van der Waals surface area contributed by atoms with Crippen molar-refractivity contribution in [3.63, 3.8) is 0 Å². The monoisotopic (exact) mass is 546 g/mol. The van der Waals surface area contributed by atoms with Gasteiger partial charge in [0.1, 0.15) is 22.7 Å². The van der Waals surface area contributed by atoms with Gasteiger partial charge in [0.15, 0.2) is 0 Å². The molecule has 0 radical (unpaired) electrons. The summed E-state index contributed by atoms with van der Waals surface area (Å²) in [5.41, 5.74) is 0.940. The molecule has 2 aromatic rings. The highest BCUT2D eigenvalue weighted by Crippen LogP contribution is 2.43. The summed E-state index contributed by atoms with van der Waals surface area (Å²) < 4.78 is 23.2. The second-order valence-corrected chi connectivity index (χ2v) is 8.31. The number of rotatable bonds is 6. The van der Waals surface area contributed by atoms with E-state index in [4.69, 9.17) is 18.6 Å². The van der Waals surface area contributed by atoms with Crippen LogP contribution in [0.1, 0.15) is 30.0 Å². The Labute approximate surface area is 191 Å². The van der Waals surface area contributed by atoms with Crippen molar-refractivity contribution < 1.29 is 28.2 Å². The molecule has 0 N–H and O–H groups in total. The van der Waals surface area contributed by atoms with E-state index in [9.17, 15) is 9.59 Å². The Kier molecular flexibility index (Phi) is 7.65. The van der Waals surface area contributed by atoms with Gasteiger partial charge in [0, 0.05) is 26.2 Å². The van der Waals surface area contributed by atoms with Crippen LogP contribution < -0.4 is 4.74 Å². The van der Waals surface area contributed by atoms with Crippen LogP contribution in [0.4, 0.5) is 4.79 Å². The van der Waals surface area contributed by atoms with Gasteiger partial charge in [-0.05, 0) is 51.8 Å². The van der Waals surface area contributed by atoms with E-state index in [-0.39, 0.29) is 12.7 Å². The number of hydrogen-bond acceptors (Lipinski definition) is 7. The fourth-order valence-electron chi connectivity index (χ4n) is 3.44. The molecule has 1 amide bonds. The Hall–Kier alpha value is -1.78. The predicted molar refractivity (Wildman–Crippen MR) is 118 cm³/mol. The molecule has 1 aromatic carbocycles. The van der Waals surface area contributed by atoms with Crippen molar-refractivity contribution in [2.24, 2.45) is 0 Å². The van der Waals surface area contributed by atoms with Crippen molar-refractivity contribution in [2.75, 3.05) is 46.5 Å². The van der Waals surface area contributed by atoms with Crippen LogP contribution in [-0.2, 0) is 16.0 Å². The van der Waals surface area contributed by atoms with Gasteiger partial charge in [-0.3, -0.25) is 4.90 Å². The maximum atomic E-state index is 12.8. The standard InChI is InChI=1S/C20H24Br2N2O6/c1-4-28-19(25)16-14(11-23-6-8-24(9-7-23)20(26)29-5-2)30-13-10-12(21)18(27-3)17(22)15(13)16/h10H,4-9,11H2,1-3H3. The predicted octanol–water partition coefficient (Wildman–Crippen LogP) is 4.42. The van der Waals surface area contributed by atoms with Crippen LogP contribution in [0.25, 0.3) is 11.0 Å². The van der Waals surface area contributed by atoms with E-state index in [0.717, 1.165) is 0 Å². The summed E-state index contributed by atoms with van der Waals surface area (Å²) >= 11 is 7.02. The largest absolute Gasteiger partial charge is 0.494 e. The molecule has 0 unspecified atom stereocenters. The third kappa shape index (κ3) is 4.60. The molecule has 164 valence electrons. The van der Waals surface area contributed by atoms with Crippen LogP contribution in [-0.4, -0.2) is 68.4 Å². The Morgan fingerprint density at radius 2 is 1.77 bits per heavy atom. The molecule has 1 aliphatic heterocycles. The fourth-order valence-corrected chi connectivity index (χ4v) is 5.04. The Morgan fingerprint density at radius 3 is 2.37 bits per heavy atom. The van der Waals surface area contributed by atoms with Crippen LogP contribution >= 0.6 is 31.9 Å². The minimum Gasteiger partial charge on any atom is -0.494 e. The van der Waals surface area contributed by atoms with Crippen molar-refractivity contribution in [3.8, 4) is 5.75 Å². The number of amides is 1. The summed E-state index contributed by atoms with van der Waals surface area (Å²) in [4.78, 5) is 28.5. The zero-order chi connectivity index (χ0) is 21.8. The number of ether oxygens (including phenoxy) is 3. The quantitative estimate of drug-likeness (QED) is 0.495. The van der Waals surface area contributed by atoms with E-state index in [1.165, 1.54) is 0 Å². The lowest BCUT2D eigenvalue weighted by molar-refractivity contribution is 0.0522. The molecule has 3 rings (SSSR count). The van der Waals surface area contributed by atoms with Crippen molar-refractivity contribution in [1.29, 1.82) is 0 Å². The van der Waals surface area contributed by atoms with Crippen molar-refractivity contribution in [2.45, 2.75) is 20.4 Å². The van der Waals surface area contributed by atoms with E-state index in [2.05, 4.69) is 36.8 Å². The SMILES string of the molecule is CCOC(=O)c1c(CN2CCN(C(=O)OCC)CC2)oc2cc(Br)c(OC)c(Br)c12. The van der Waals surface area contributed by atoms with Crippen LogP contribution in [0, 0.1) is 0 Å². The Balaban J connectivity index is 1.90. The smallest absolute Gasteiger partial charge is 0.409 e. The second-order valence-electron chi connectivity index (χ2n) is 6.66. The number of halogens is 2. The molecule has 0 bridgehead atoms. The highest BCUT2D eigenvalue weighted by molar-refractivity contribution is 9.11. The second kappa shape index (κ2) is 10.0. The molecule has 0 spiro atoms. The molecule has 10 heteroatoms. The molecular weight excluding hydrogens is 524 g/mol. The van der Waals surface area contributed by atoms with Crippen LogP contribution in [0.2, 0.25) is 0 Å². The minimum absolute atomic E-state index is 0.258. The van der Waals surface area contributed by atoms with Crippen molar-refractivity contribution in [3.05, 3.63) is 26.3 Å². The third-order valence-corrected chi connectivity index (χ3v) is 6.20. The summed E-state index contributed by atoms with van der Waals surface area (Å²) in [6.07, 6.45) is -0.297. The lowest BCUT2D eigenvalue weighted by Crippen LogP contribution is -2.48. The average molecular weight is 548 g/mol. The van der Waals surface area contributed by atoms with Crippen LogP contribution in [0.3, 0.4) is 0 Å². The summed E-state index contributed by atoms with van der Waals surface area (Å²) in [6.45, 7) is 6.99. The molecule has 1 aromatic heterocycles. The highest BCUT2D eigenvalue weighted by atomic mass is 79.9. The van der Waals surface area contributed by atoms with Gasteiger partial charge in [0.2, 0.25) is 0 Å².